The Kier molecular flexibility index (Phi) is 6.07. The molecule has 2 rings (SSSR count). The van der Waals surface area contributed by atoms with Crippen molar-refractivity contribution in [2.45, 2.75) is 19.0 Å². The van der Waals surface area contributed by atoms with Gasteiger partial charge in [-0.15, -0.1) is 0 Å². The number of hydrogen-bond donors (Lipinski definition) is 2. The van der Waals surface area contributed by atoms with Crippen molar-refractivity contribution in [3.8, 4) is 0 Å². The molecule has 2 amide bonds. The van der Waals surface area contributed by atoms with Crippen LogP contribution in [0.15, 0.2) is 47.1 Å². The fourth-order valence-corrected chi connectivity index (χ4v) is 2.51. The topological polar surface area (TPSA) is 57.5 Å². The van der Waals surface area contributed by atoms with Crippen LogP contribution in [0.25, 0.3) is 0 Å². The molecule has 0 aliphatic carbocycles. The first-order chi connectivity index (χ1) is 11.0. The molecule has 5 nitrogen and oxygen atoms in total. The zero-order valence-electron chi connectivity index (χ0n) is 13.5. The van der Waals surface area contributed by atoms with Gasteiger partial charge in [-0.1, -0.05) is 23.7 Å². The predicted octanol–water partition coefficient (Wildman–Crippen LogP) is 3.60. The molecule has 1 heterocycles. The number of carbonyl (C=O) groups is 1. The number of halogens is 1. The van der Waals surface area contributed by atoms with Gasteiger partial charge in [0.15, 0.2) is 0 Å². The average Bonchev–Trinajstić information content (AvgIpc) is 3.01. The number of rotatable bonds is 6. The lowest BCUT2D eigenvalue weighted by Crippen LogP contribution is -2.41. The van der Waals surface area contributed by atoms with Crippen LogP contribution in [-0.4, -0.2) is 31.6 Å². The highest BCUT2D eigenvalue weighted by molar-refractivity contribution is 6.30. The van der Waals surface area contributed by atoms with Crippen molar-refractivity contribution in [1.82, 2.24) is 15.5 Å². The summed E-state index contributed by atoms with van der Waals surface area (Å²) in [7, 11) is 3.89. The predicted molar refractivity (Wildman–Crippen MR) is 91.5 cm³/mol. The molecule has 2 atom stereocenters. The van der Waals surface area contributed by atoms with E-state index in [0.717, 1.165) is 11.3 Å². The van der Waals surface area contributed by atoms with Crippen molar-refractivity contribution in [3.05, 3.63) is 59.0 Å². The third kappa shape index (κ3) is 5.01. The van der Waals surface area contributed by atoms with E-state index in [1.54, 1.807) is 6.26 Å². The lowest BCUT2D eigenvalue weighted by Gasteiger charge is -2.23. The number of nitrogens with one attached hydrogen (secondary N) is 2. The average molecular weight is 336 g/mol. The molecule has 2 N–H and O–H groups in total. The number of furan rings is 1. The Hall–Kier alpha value is -1.98. The standard InChI is InChI=1S/C17H22ClN3O2/c1-12(13-6-4-7-14(18)10-13)20-17(22)19-11-15(21(2)3)16-8-5-9-23-16/h4-10,12,15H,11H2,1-3H3,(H2,19,20,22). The molecule has 0 saturated heterocycles. The highest BCUT2D eigenvalue weighted by Gasteiger charge is 2.18. The van der Waals surface area contributed by atoms with Gasteiger partial charge in [-0.25, -0.2) is 4.79 Å². The van der Waals surface area contributed by atoms with E-state index < -0.39 is 0 Å². The van der Waals surface area contributed by atoms with Gasteiger partial charge in [-0.2, -0.15) is 0 Å². The molecular formula is C17H22ClN3O2. The molecular weight excluding hydrogens is 314 g/mol. The number of amides is 2. The van der Waals surface area contributed by atoms with Gasteiger partial charge in [0.05, 0.1) is 18.3 Å². The van der Waals surface area contributed by atoms with E-state index >= 15 is 0 Å². The number of carbonyl (C=O) groups excluding carboxylic acids is 1. The summed E-state index contributed by atoms with van der Waals surface area (Å²) >= 11 is 5.98. The van der Waals surface area contributed by atoms with E-state index in [-0.39, 0.29) is 18.1 Å². The summed E-state index contributed by atoms with van der Waals surface area (Å²) in [5.41, 5.74) is 0.961. The molecule has 0 spiro atoms. The van der Waals surface area contributed by atoms with Crippen LogP contribution in [0.1, 0.15) is 30.3 Å². The second-order valence-corrected chi connectivity index (χ2v) is 6.06. The van der Waals surface area contributed by atoms with Crippen LogP contribution in [-0.2, 0) is 0 Å². The van der Waals surface area contributed by atoms with E-state index in [1.807, 2.05) is 62.3 Å². The second-order valence-electron chi connectivity index (χ2n) is 5.63. The van der Waals surface area contributed by atoms with Gasteiger partial charge in [0, 0.05) is 11.6 Å². The van der Waals surface area contributed by atoms with Crippen LogP contribution < -0.4 is 10.6 Å². The fraction of sp³-hybridized carbons (Fsp3) is 0.353. The van der Waals surface area contributed by atoms with Crippen LogP contribution in [0, 0.1) is 0 Å². The molecule has 0 radical (unpaired) electrons. The Labute approximate surface area is 141 Å². The van der Waals surface area contributed by atoms with Crippen LogP contribution in [0.3, 0.4) is 0 Å². The zero-order valence-corrected chi connectivity index (χ0v) is 14.3. The van der Waals surface area contributed by atoms with Crippen LogP contribution in [0.4, 0.5) is 4.79 Å². The number of hydrogen-bond acceptors (Lipinski definition) is 3. The molecule has 124 valence electrons. The van der Waals surface area contributed by atoms with Gasteiger partial charge in [0.1, 0.15) is 5.76 Å². The van der Waals surface area contributed by atoms with Gasteiger partial charge in [0.2, 0.25) is 0 Å². The second kappa shape index (κ2) is 8.04. The lowest BCUT2D eigenvalue weighted by atomic mass is 10.1. The summed E-state index contributed by atoms with van der Waals surface area (Å²) in [6.07, 6.45) is 1.63. The summed E-state index contributed by atoms with van der Waals surface area (Å²) < 4.78 is 5.42. The quantitative estimate of drug-likeness (QED) is 0.848. The first-order valence-electron chi connectivity index (χ1n) is 7.47. The third-order valence-corrected chi connectivity index (χ3v) is 3.88. The monoisotopic (exact) mass is 335 g/mol. The summed E-state index contributed by atoms with van der Waals surface area (Å²) in [5.74, 6) is 0.818. The minimum atomic E-state index is -0.226. The van der Waals surface area contributed by atoms with Crippen molar-refractivity contribution >= 4 is 17.6 Å². The van der Waals surface area contributed by atoms with E-state index in [9.17, 15) is 4.79 Å². The third-order valence-electron chi connectivity index (χ3n) is 3.65. The maximum Gasteiger partial charge on any atom is 0.315 e. The van der Waals surface area contributed by atoms with Gasteiger partial charge in [0.25, 0.3) is 0 Å². The number of likely N-dealkylation sites (N-methyl/N-ethyl adjacent to an activating group) is 1. The Balaban J connectivity index is 1.89. The van der Waals surface area contributed by atoms with Crippen LogP contribution in [0.2, 0.25) is 5.02 Å². The molecule has 1 aromatic carbocycles. The number of benzene rings is 1. The molecule has 2 aromatic rings. The van der Waals surface area contributed by atoms with E-state index in [0.29, 0.717) is 11.6 Å². The zero-order chi connectivity index (χ0) is 16.8. The summed E-state index contributed by atoms with van der Waals surface area (Å²) in [4.78, 5) is 14.1. The molecule has 0 bridgehead atoms. The molecule has 0 fully saturated rings. The van der Waals surface area contributed by atoms with Gasteiger partial charge < -0.3 is 15.1 Å². The first kappa shape index (κ1) is 17.4. The number of nitrogens with zero attached hydrogens (tertiary/aromatic N) is 1. The Morgan fingerprint density at radius 2 is 2.09 bits per heavy atom. The van der Waals surface area contributed by atoms with Crippen molar-refractivity contribution in [3.63, 3.8) is 0 Å². The van der Waals surface area contributed by atoms with Gasteiger partial charge in [-0.3, -0.25) is 4.90 Å². The van der Waals surface area contributed by atoms with E-state index in [1.165, 1.54) is 0 Å². The molecule has 23 heavy (non-hydrogen) atoms. The van der Waals surface area contributed by atoms with Gasteiger partial charge >= 0.3 is 6.03 Å². The van der Waals surface area contributed by atoms with Crippen LogP contribution in [0.5, 0.6) is 0 Å². The van der Waals surface area contributed by atoms with Crippen molar-refractivity contribution < 1.29 is 9.21 Å². The van der Waals surface area contributed by atoms with Crippen molar-refractivity contribution in [2.75, 3.05) is 20.6 Å². The van der Waals surface area contributed by atoms with E-state index in [4.69, 9.17) is 16.0 Å². The molecule has 6 heteroatoms. The van der Waals surface area contributed by atoms with Crippen molar-refractivity contribution in [1.29, 1.82) is 0 Å². The number of urea groups is 1. The minimum absolute atomic E-state index is 0.0165. The molecule has 0 aliphatic rings. The summed E-state index contributed by atoms with van der Waals surface area (Å²) in [6, 6.07) is 10.8. The maximum atomic E-state index is 12.1. The molecule has 0 aliphatic heterocycles. The summed E-state index contributed by atoms with van der Waals surface area (Å²) in [6.45, 7) is 2.37. The highest BCUT2D eigenvalue weighted by Crippen LogP contribution is 2.18. The lowest BCUT2D eigenvalue weighted by molar-refractivity contribution is 0.223. The van der Waals surface area contributed by atoms with Gasteiger partial charge in [-0.05, 0) is 50.8 Å². The Bertz CT molecular complexity index is 629. The first-order valence-corrected chi connectivity index (χ1v) is 7.85. The molecule has 1 aromatic heterocycles. The SMILES string of the molecule is CC(NC(=O)NCC(c1ccco1)N(C)C)c1cccc(Cl)c1. The smallest absolute Gasteiger partial charge is 0.315 e. The molecule has 2 unspecified atom stereocenters. The fourth-order valence-electron chi connectivity index (χ4n) is 2.31. The largest absolute Gasteiger partial charge is 0.468 e. The Morgan fingerprint density at radius 1 is 1.30 bits per heavy atom. The van der Waals surface area contributed by atoms with Crippen molar-refractivity contribution in [2.24, 2.45) is 0 Å². The van der Waals surface area contributed by atoms with E-state index in [2.05, 4.69) is 10.6 Å². The summed E-state index contributed by atoms with van der Waals surface area (Å²) in [5, 5.41) is 6.44. The minimum Gasteiger partial charge on any atom is -0.468 e. The maximum absolute atomic E-state index is 12.1. The molecule has 0 saturated carbocycles. The van der Waals surface area contributed by atoms with Crippen LogP contribution >= 0.6 is 11.6 Å². The highest BCUT2D eigenvalue weighted by atomic mass is 35.5. The Morgan fingerprint density at radius 3 is 2.70 bits per heavy atom. The normalized spacial score (nSPS) is 13.6.